The minimum atomic E-state index is 0.263. The predicted octanol–water partition coefficient (Wildman–Crippen LogP) is 4.08. The second kappa shape index (κ2) is 5.94. The van der Waals surface area contributed by atoms with E-state index in [1.165, 1.54) is 68.9 Å². The molecule has 0 bridgehead atoms. The zero-order chi connectivity index (χ0) is 15.8. The van der Waals surface area contributed by atoms with Crippen LogP contribution in [0.1, 0.15) is 83.3 Å². The molecule has 1 aromatic carbocycles. The molecule has 0 saturated heterocycles. The molecule has 1 aliphatic carbocycles. The first-order chi connectivity index (χ1) is 10.5. The molecule has 2 aliphatic rings. The van der Waals surface area contributed by atoms with Crippen molar-refractivity contribution in [1.82, 2.24) is 0 Å². The molecule has 0 amide bonds. The van der Waals surface area contributed by atoms with Gasteiger partial charge in [0.15, 0.2) is 0 Å². The smallest absolute Gasteiger partial charge is 0.142 e. The highest BCUT2D eigenvalue weighted by Gasteiger charge is 2.53. The highest BCUT2D eigenvalue weighted by atomic mass is 15.0. The molecule has 0 aromatic heterocycles. The van der Waals surface area contributed by atoms with Gasteiger partial charge in [0.05, 0.1) is 0 Å². The van der Waals surface area contributed by atoms with Gasteiger partial charge in [-0.15, -0.1) is 0 Å². The summed E-state index contributed by atoms with van der Waals surface area (Å²) in [5.41, 5.74) is 6.67. The molecular formula is C20H32BN. The fourth-order valence-corrected chi connectivity index (χ4v) is 4.78. The van der Waals surface area contributed by atoms with E-state index in [4.69, 9.17) is 0 Å². The third kappa shape index (κ3) is 2.49. The van der Waals surface area contributed by atoms with Crippen molar-refractivity contribution in [2.75, 3.05) is 5.32 Å². The van der Waals surface area contributed by atoms with Gasteiger partial charge in [-0.05, 0) is 43.7 Å². The third-order valence-electron chi connectivity index (χ3n) is 6.53. The fourth-order valence-electron chi connectivity index (χ4n) is 4.78. The van der Waals surface area contributed by atoms with Crippen LogP contribution in [0.4, 0.5) is 5.69 Å². The van der Waals surface area contributed by atoms with Crippen LogP contribution in [-0.4, -0.2) is 13.4 Å². The lowest BCUT2D eigenvalue weighted by atomic mass is 9.61. The summed E-state index contributed by atoms with van der Waals surface area (Å²) in [6.07, 6.45) is 12.1. The van der Waals surface area contributed by atoms with Crippen molar-refractivity contribution in [3.05, 3.63) is 23.3 Å². The minimum absolute atomic E-state index is 0.263. The van der Waals surface area contributed by atoms with Crippen LogP contribution >= 0.6 is 0 Å². The number of hydrogen-bond donors (Lipinski definition) is 1. The molecule has 120 valence electrons. The Hall–Kier alpha value is -0.915. The van der Waals surface area contributed by atoms with E-state index >= 15 is 0 Å². The van der Waals surface area contributed by atoms with Crippen molar-refractivity contribution < 1.29 is 0 Å². The van der Waals surface area contributed by atoms with Crippen molar-refractivity contribution in [1.29, 1.82) is 0 Å². The quantitative estimate of drug-likeness (QED) is 0.638. The van der Waals surface area contributed by atoms with Crippen LogP contribution < -0.4 is 10.8 Å². The summed E-state index contributed by atoms with van der Waals surface area (Å²) in [6.45, 7) is 7.24. The van der Waals surface area contributed by atoms with Crippen LogP contribution in [0.3, 0.4) is 0 Å². The molecule has 1 aromatic rings. The van der Waals surface area contributed by atoms with E-state index in [1.54, 1.807) is 11.1 Å². The summed E-state index contributed by atoms with van der Waals surface area (Å²) in [5, 5.41) is 3.93. The molecule has 0 radical (unpaired) electrons. The summed E-state index contributed by atoms with van der Waals surface area (Å²) in [4.78, 5) is 0. The van der Waals surface area contributed by atoms with E-state index in [2.05, 4.69) is 46.1 Å². The van der Waals surface area contributed by atoms with Gasteiger partial charge in [-0.1, -0.05) is 63.5 Å². The first kappa shape index (κ1) is 16.0. The summed E-state index contributed by atoms with van der Waals surface area (Å²) in [5.74, 6) is 0. The zero-order valence-corrected chi connectivity index (χ0v) is 15.0. The molecule has 1 saturated carbocycles. The van der Waals surface area contributed by atoms with Crippen LogP contribution in [0, 0.1) is 0 Å². The van der Waals surface area contributed by atoms with Gasteiger partial charge in [0.1, 0.15) is 7.85 Å². The molecule has 2 atom stereocenters. The van der Waals surface area contributed by atoms with Crippen LogP contribution in [0.2, 0.25) is 0 Å². The van der Waals surface area contributed by atoms with Crippen LogP contribution in [0.25, 0.3) is 0 Å². The number of hydrogen-bond acceptors (Lipinski definition) is 1. The van der Waals surface area contributed by atoms with Crippen LogP contribution in [-0.2, 0) is 11.8 Å². The fraction of sp³-hybridized carbons (Fsp3) is 0.700. The molecule has 22 heavy (non-hydrogen) atoms. The van der Waals surface area contributed by atoms with Crippen molar-refractivity contribution >= 4 is 19.0 Å². The largest absolute Gasteiger partial charge is 0.379 e. The predicted molar refractivity (Wildman–Crippen MR) is 100 cm³/mol. The van der Waals surface area contributed by atoms with Gasteiger partial charge in [0.25, 0.3) is 0 Å². The van der Waals surface area contributed by atoms with Crippen LogP contribution in [0.15, 0.2) is 12.1 Å². The Labute approximate surface area is 137 Å². The molecule has 3 rings (SSSR count). The molecule has 2 unspecified atom stereocenters. The maximum absolute atomic E-state index is 3.93. The second-order valence-corrected chi connectivity index (χ2v) is 8.14. The number of anilines is 1. The number of aryl methyl sites for hydroxylation is 1. The van der Waals surface area contributed by atoms with E-state index in [0.717, 1.165) is 0 Å². The van der Waals surface area contributed by atoms with Gasteiger partial charge in [-0.2, -0.15) is 0 Å². The molecular weight excluding hydrogens is 265 g/mol. The van der Waals surface area contributed by atoms with E-state index in [9.17, 15) is 0 Å². The molecule has 2 heteroatoms. The van der Waals surface area contributed by atoms with E-state index in [-0.39, 0.29) is 5.54 Å². The second-order valence-electron chi connectivity index (χ2n) is 8.14. The molecule has 1 aliphatic heterocycles. The number of rotatable bonds is 5. The lowest BCUT2D eigenvalue weighted by molar-refractivity contribution is 0.214. The standard InChI is InChI=1S/C20H32BN/c1-4-5-6-7-10-15-13-16-18(17(21)14-15)22-20(3)12-9-8-11-19(16,20)2/h13-14,22H,4-12,21H2,1-3H3. The van der Waals surface area contributed by atoms with E-state index in [0.29, 0.717) is 5.41 Å². The normalized spacial score (nSPS) is 29.8. The lowest BCUT2D eigenvalue weighted by Crippen LogP contribution is -2.50. The number of nitrogens with one attached hydrogen (secondary N) is 1. The van der Waals surface area contributed by atoms with E-state index < -0.39 is 0 Å². The first-order valence-corrected chi connectivity index (χ1v) is 9.42. The molecule has 1 N–H and O–H groups in total. The van der Waals surface area contributed by atoms with Crippen molar-refractivity contribution in [3.63, 3.8) is 0 Å². The number of unbranched alkanes of at least 4 members (excludes halogenated alkanes) is 3. The van der Waals surface area contributed by atoms with E-state index in [1.807, 2.05) is 0 Å². The van der Waals surface area contributed by atoms with Gasteiger partial charge in [0, 0.05) is 16.6 Å². The summed E-state index contributed by atoms with van der Waals surface area (Å²) < 4.78 is 0. The minimum Gasteiger partial charge on any atom is -0.379 e. The number of fused-ring (bicyclic) bond motifs is 3. The molecule has 0 spiro atoms. The Balaban J connectivity index is 1.88. The summed E-state index contributed by atoms with van der Waals surface area (Å²) >= 11 is 0. The molecule has 1 fully saturated rings. The average Bonchev–Trinajstić information content (AvgIpc) is 2.73. The van der Waals surface area contributed by atoms with Gasteiger partial charge < -0.3 is 5.32 Å². The zero-order valence-electron chi connectivity index (χ0n) is 15.0. The van der Waals surface area contributed by atoms with Gasteiger partial charge >= 0.3 is 0 Å². The summed E-state index contributed by atoms with van der Waals surface area (Å²) in [7, 11) is 2.30. The average molecular weight is 297 g/mol. The van der Waals surface area contributed by atoms with Crippen molar-refractivity contribution in [2.45, 2.75) is 89.5 Å². The Morgan fingerprint density at radius 2 is 1.86 bits per heavy atom. The third-order valence-corrected chi connectivity index (χ3v) is 6.53. The summed E-state index contributed by atoms with van der Waals surface area (Å²) in [6, 6.07) is 4.97. The SMILES string of the molecule is Bc1cc(CCCCCC)cc2c1NC1(C)CCCCC21C. The van der Waals surface area contributed by atoms with Crippen molar-refractivity contribution in [2.24, 2.45) is 0 Å². The topological polar surface area (TPSA) is 12.0 Å². The van der Waals surface area contributed by atoms with Gasteiger partial charge in [0.2, 0.25) is 0 Å². The lowest BCUT2D eigenvalue weighted by Gasteiger charge is -2.45. The van der Waals surface area contributed by atoms with Crippen molar-refractivity contribution in [3.8, 4) is 0 Å². The maximum atomic E-state index is 3.93. The Kier molecular flexibility index (Phi) is 4.31. The Morgan fingerprint density at radius 3 is 2.64 bits per heavy atom. The number of benzene rings is 1. The Morgan fingerprint density at radius 1 is 1.09 bits per heavy atom. The highest BCUT2D eigenvalue weighted by molar-refractivity contribution is 6.36. The Bertz CT molecular complexity index is 553. The van der Waals surface area contributed by atoms with Crippen LogP contribution in [0.5, 0.6) is 0 Å². The molecule has 1 heterocycles. The maximum Gasteiger partial charge on any atom is 0.142 e. The van der Waals surface area contributed by atoms with Gasteiger partial charge in [-0.25, -0.2) is 0 Å². The monoisotopic (exact) mass is 297 g/mol. The van der Waals surface area contributed by atoms with Gasteiger partial charge in [-0.3, -0.25) is 0 Å². The highest BCUT2D eigenvalue weighted by Crippen LogP contribution is 2.54. The molecule has 1 nitrogen and oxygen atoms in total. The first-order valence-electron chi connectivity index (χ1n) is 9.42.